The van der Waals surface area contributed by atoms with Crippen molar-refractivity contribution in [2.75, 3.05) is 14.2 Å². The molecule has 2 rings (SSSR count). The second-order valence-corrected chi connectivity index (χ2v) is 3.49. The summed E-state index contributed by atoms with van der Waals surface area (Å²) in [7, 11) is 3.21. The van der Waals surface area contributed by atoms with E-state index < -0.39 is 5.79 Å². The highest BCUT2D eigenvalue weighted by molar-refractivity contribution is 5.79. The van der Waals surface area contributed by atoms with Crippen LogP contribution in [0.4, 0.5) is 0 Å². The van der Waals surface area contributed by atoms with E-state index in [0.29, 0.717) is 6.42 Å². The highest BCUT2D eigenvalue weighted by Crippen LogP contribution is 2.25. The number of nitrogens with zero attached hydrogens (tertiary/aromatic N) is 2. The molecule has 1 aromatic rings. The Morgan fingerprint density at radius 1 is 1.25 bits per heavy atom. The summed E-state index contributed by atoms with van der Waals surface area (Å²) in [4.78, 5) is 8.56. The van der Waals surface area contributed by atoms with Gasteiger partial charge in [-0.25, -0.2) is 0 Å². The molecule has 0 spiro atoms. The molecule has 0 saturated heterocycles. The van der Waals surface area contributed by atoms with E-state index in [4.69, 9.17) is 9.47 Å². The fourth-order valence-corrected chi connectivity index (χ4v) is 1.55. The Balaban J connectivity index is 2.20. The minimum atomic E-state index is -0.724. The topological polar surface area (TPSA) is 43.7 Å². The van der Waals surface area contributed by atoms with Gasteiger partial charge in [0, 0.05) is 26.8 Å². The maximum Gasteiger partial charge on any atom is 0.208 e. The Morgan fingerprint density at radius 3 is 2.56 bits per heavy atom. The highest BCUT2D eigenvalue weighted by Gasteiger charge is 2.29. The normalized spacial score (nSPS) is 18.2. The lowest BCUT2D eigenvalue weighted by Crippen LogP contribution is -2.36. The van der Waals surface area contributed by atoms with Crippen LogP contribution in [0.2, 0.25) is 0 Å². The molecule has 0 aliphatic carbocycles. The van der Waals surface area contributed by atoms with Crippen molar-refractivity contribution >= 4 is 11.9 Å². The molecule has 0 atom stereocenters. The van der Waals surface area contributed by atoms with E-state index in [0.717, 1.165) is 11.4 Å². The fourth-order valence-electron chi connectivity index (χ4n) is 1.55. The lowest BCUT2D eigenvalue weighted by atomic mass is 10.1. The maximum absolute atomic E-state index is 5.28. The zero-order valence-corrected chi connectivity index (χ0v) is 9.38. The molecule has 0 radical (unpaired) electrons. The van der Waals surface area contributed by atoms with Gasteiger partial charge in [0.15, 0.2) is 0 Å². The third kappa shape index (κ3) is 2.03. The smallest absolute Gasteiger partial charge is 0.208 e. The van der Waals surface area contributed by atoms with Crippen LogP contribution in [-0.4, -0.2) is 31.2 Å². The summed E-state index contributed by atoms with van der Waals surface area (Å²) in [5.41, 5.74) is 1.71. The van der Waals surface area contributed by atoms with Gasteiger partial charge < -0.3 is 9.47 Å². The zero-order valence-electron chi connectivity index (χ0n) is 9.38. The van der Waals surface area contributed by atoms with Crippen LogP contribution in [0.15, 0.2) is 35.5 Å². The van der Waals surface area contributed by atoms with E-state index in [1.807, 2.05) is 24.3 Å². The summed E-state index contributed by atoms with van der Waals surface area (Å²) < 4.78 is 10.6. The molecule has 0 fully saturated rings. The molecule has 0 N–H and O–H groups in total. The van der Waals surface area contributed by atoms with Gasteiger partial charge in [0.05, 0.1) is 17.6 Å². The Bertz CT molecular complexity index is 408. The number of hydrogen-bond donors (Lipinski definition) is 0. The van der Waals surface area contributed by atoms with Crippen molar-refractivity contribution in [1.82, 2.24) is 4.98 Å². The van der Waals surface area contributed by atoms with Crippen molar-refractivity contribution < 1.29 is 9.47 Å². The van der Waals surface area contributed by atoms with Crippen molar-refractivity contribution in [2.45, 2.75) is 12.2 Å². The van der Waals surface area contributed by atoms with E-state index in [1.165, 1.54) is 0 Å². The largest absolute Gasteiger partial charge is 0.348 e. The van der Waals surface area contributed by atoms with Crippen molar-refractivity contribution in [3.63, 3.8) is 0 Å². The number of methoxy groups -OCH3 is 2. The first kappa shape index (κ1) is 11.0. The van der Waals surface area contributed by atoms with Crippen molar-refractivity contribution in [1.29, 1.82) is 0 Å². The van der Waals surface area contributed by atoms with Gasteiger partial charge in [-0.1, -0.05) is 12.1 Å². The predicted octanol–water partition coefficient (Wildman–Crippen LogP) is 1.89. The van der Waals surface area contributed by atoms with Crippen molar-refractivity contribution in [2.24, 2.45) is 4.99 Å². The van der Waals surface area contributed by atoms with Gasteiger partial charge in [0.2, 0.25) is 5.79 Å². The molecule has 0 aromatic carbocycles. The molecule has 0 amide bonds. The minimum absolute atomic E-state index is 0.634. The van der Waals surface area contributed by atoms with Gasteiger partial charge >= 0.3 is 0 Å². The summed E-state index contributed by atoms with van der Waals surface area (Å²) in [6.07, 6.45) is 6.03. The minimum Gasteiger partial charge on any atom is -0.348 e. The SMILES string of the molecule is COC1(OC)C=NC(c2ccccn2)=CC1. The van der Waals surface area contributed by atoms with E-state index in [1.54, 1.807) is 26.6 Å². The first-order valence-corrected chi connectivity index (χ1v) is 5.07. The summed E-state index contributed by atoms with van der Waals surface area (Å²) in [6, 6.07) is 5.74. The molecular weight excluding hydrogens is 204 g/mol. The third-order valence-electron chi connectivity index (χ3n) is 2.60. The van der Waals surface area contributed by atoms with Crippen LogP contribution in [0.1, 0.15) is 12.1 Å². The molecule has 1 aliphatic heterocycles. The number of ether oxygens (including phenoxy) is 2. The Hall–Kier alpha value is -1.52. The van der Waals surface area contributed by atoms with Crippen LogP contribution in [-0.2, 0) is 9.47 Å². The van der Waals surface area contributed by atoms with Crippen molar-refractivity contribution in [3.05, 3.63) is 36.2 Å². The molecular formula is C12H14N2O2. The van der Waals surface area contributed by atoms with Crippen LogP contribution < -0.4 is 0 Å². The first-order valence-electron chi connectivity index (χ1n) is 5.07. The van der Waals surface area contributed by atoms with Crippen LogP contribution >= 0.6 is 0 Å². The van der Waals surface area contributed by atoms with Crippen LogP contribution in [0.5, 0.6) is 0 Å². The van der Waals surface area contributed by atoms with E-state index in [2.05, 4.69) is 9.98 Å². The number of pyridine rings is 1. The lowest BCUT2D eigenvalue weighted by molar-refractivity contribution is -0.147. The molecule has 0 saturated carbocycles. The number of rotatable bonds is 3. The molecule has 0 bridgehead atoms. The van der Waals surface area contributed by atoms with Crippen molar-refractivity contribution in [3.8, 4) is 0 Å². The Labute approximate surface area is 94.6 Å². The van der Waals surface area contributed by atoms with Gasteiger partial charge in [-0.15, -0.1) is 0 Å². The van der Waals surface area contributed by atoms with Crippen LogP contribution in [0, 0.1) is 0 Å². The van der Waals surface area contributed by atoms with Gasteiger partial charge in [0.1, 0.15) is 0 Å². The van der Waals surface area contributed by atoms with Gasteiger partial charge in [-0.05, 0) is 12.1 Å². The molecule has 4 nitrogen and oxygen atoms in total. The average Bonchev–Trinajstić information content (AvgIpc) is 2.40. The third-order valence-corrected chi connectivity index (χ3v) is 2.60. The van der Waals surface area contributed by atoms with E-state index in [-0.39, 0.29) is 0 Å². The first-order chi connectivity index (χ1) is 7.79. The average molecular weight is 218 g/mol. The molecule has 1 aliphatic rings. The number of hydrogen-bond acceptors (Lipinski definition) is 4. The van der Waals surface area contributed by atoms with Gasteiger partial charge in [-0.2, -0.15) is 0 Å². The molecule has 4 heteroatoms. The summed E-state index contributed by atoms with van der Waals surface area (Å²) >= 11 is 0. The lowest BCUT2D eigenvalue weighted by Gasteiger charge is -2.27. The molecule has 16 heavy (non-hydrogen) atoms. The van der Waals surface area contributed by atoms with Crippen LogP contribution in [0.25, 0.3) is 5.70 Å². The highest BCUT2D eigenvalue weighted by atomic mass is 16.7. The fraction of sp³-hybridized carbons (Fsp3) is 0.333. The Morgan fingerprint density at radius 2 is 2.06 bits per heavy atom. The monoisotopic (exact) mass is 218 g/mol. The maximum atomic E-state index is 5.28. The molecule has 2 heterocycles. The predicted molar refractivity (Wildman–Crippen MR) is 62.1 cm³/mol. The van der Waals surface area contributed by atoms with Gasteiger partial charge in [-0.3, -0.25) is 9.98 Å². The zero-order chi connectivity index (χ0) is 11.4. The molecule has 0 unspecified atom stereocenters. The molecule has 1 aromatic heterocycles. The second-order valence-electron chi connectivity index (χ2n) is 3.49. The second kappa shape index (κ2) is 4.55. The summed E-state index contributed by atoms with van der Waals surface area (Å²) in [6.45, 7) is 0. The Kier molecular flexibility index (Phi) is 3.12. The summed E-state index contributed by atoms with van der Waals surface area (Å²) in [5, 5.41) is 0. The van der Waals surface area contributed by atoms with E-state index in [9.17, 15) is 0 Å². The van der Waals surface area contributed by atoms with Crippen LogP contribution in [0.3, 0.4) is 0 Å². The van der Waals surface area contributed by atoms with E-state index >= 15 is 0 Å². The quantitative estimate of drug-likeness (QED) is 0.727. The number of aromatic nitrogens is 1. The van der Waals surface area contributed by atoms with Gasteiger partial charge in [0.25, 0.3) is 0 Å². The summed E-state index contributed by atoms with van der Waals surface area (Å²) in [5.74, 6) is -0.724. The molecule has 84 valence electrons. The number of aliphatic imine (C=N–C) groups is 1. The standard InChI is InChI=1S/C12H14N2O2/c1-15-12(16-2)7-6-11(14-9-12)10-5-3-4-8-13-10/h3-6,8-9H,7H2,1-2H3.